The van der Waals surface area contributed by atoms with Crippen LogP contribution >= 0.6 is 0 Å². The van der Waals surface area contributed by atoms with Crippen LogP contribution in [0.4, 0.5) is 5.69 Å². The largest absolute Gasteiger partial charge is 0.484 e. The molecule has 1 N–H and O–H groups in total. The standard InChI is InChI=1S/C19H15N3O4/c23-19(21-20-12-14-5-8-17(9-6-14)22(24)25)13-26-18-10-7-15-3-1-2-4-16(15)11-18/h1-12H,13H2,(H,21,23)/b20-12-. The Morgan fingerprint density at radius 2 is 1.81 bits per heavy atom. The van der Waals surface area contributed by atoms with Crippen molar-refractivity contribution in [1.29, 1.82) is 0 Å². The van der Waals surface area contributed by atoms with Gasteiger partial charge < -0.3 is 4.74 Å². The van der Waals surface area contributed by atoms with Crippen molar-refractivity contribution in [3.63, 3.8) is 0 Å². The summed E-state index contributed by atoms with van der Waals surface area (Å²) >= 11 is 0. The lowest BCUT2D eigenvalue weighted by molar-refractivity contribution is -0.384. The first-order valence-electron chi connectivity index (χ1n) is 7.80. The zero-order valence-corrected chi connectivity index (χ0v) is 13.7. The van der Waals surface area contributed by atoms with Crippen molar-refractivity contribution in [2.75, 3.05) is 6.61 Å². The van der Waals surface area contributed by atoms with Gasteiger partial charge in [0.05, 0.1) is 11.1 Å². The van der Waals surface area contributed by atoms with Crippen LogP contribution in [0.15, 0.2) is 71.8 Å². The van der Waals surface area contributed by atoms with E-state index in [4.69, 9.17) is 4.74 Å². The fourth-order valence-electron chi connectivity index (χ4n) is 2.30. The van der Waals surface area contributed by atoms with Crippen molar-refractivity contribution in [3.8, 4) is 5.75 Å². The van der Waals surface area contributed by atoms with Crippen LogP contribution in [-0.4, -0.2) is 23.7 Å². The van der Waals surface area contributed by atoms with E-state index in [2.05, 4.69) is 10.5 Å². The summed E-state index contributed by atoms with van der Waals surface area (Å²) in [5.74, 6) is 0.189. The summed E-state index contributed by atoms with van der Waals surface area (Å²) in [5.41, 5.74) is 2.97. The predicted molar refractivity (Wildman–Crippen MR) is 98.3 cm³/mol. The summed E-state index contributed by atoms with van der Waals surface area (Å²) in [4.78, 5) is 21.9. The average Bonchev–Trinajstić information content (AvgIpc) is 2.66. The fraction of sp³-hybridized carbons (Fsp3) is 0.0526. The van der Waals surface area contributed by atoms with Crippen LogP contribution in [0.25, 0.3) is 10.8 Å². The Morgan fingerprint density at radius 1 is 1.08 bits per heavy atom. The topological polar surface area (TPSA) is 93.8 Å². The third-order valence-electron chi connectivity index (χ3n) is 3.60. The second-order valence-corrected chi connectivity index (χ2v) is 5.44. The molecule has 3 aromatic rings. The zero-order chi connectivity index (χ0) is 18.4. The molecule has 0 unspecified atom stereocenters. The molecule has 0 saturated heterocycles. The minimum atomic E-state index is -0.479. The van der Waals surface area contributed by atoms with Crippen molar-refractivity contribution in [1.82, 2.24) is 5.43 Å². The number of nitrogens with one attached hydrogen (secondary N) is 1. The van der Waals surface area contributed by atoms with Gasteiger partial charge in [-0.2, -0.15) is 5.10 Å². The molecule has 0 atom stereocenters. The van der Waals surface area contributed by atoms with Gasteiger partial charge in [0.25, 0.3) is 11.6 Å². The second-order valence-electron chi connectivity index (χ2n) is 5.44. The summed E-state index contributed by atoms with van der Waals surface area (Å²) in [6, 6.07) is 19.3. The number of hydrogen-bond acceptors (Lipinski definition) is 5. The Balaban J connectivity index is 1.51. The molecule has 0 heterocycles. The van der Waals surface area contributed by atoms with Gasteiger partial charge >= 0.3 is 0 Å². The van der Waals surface area contributed by atoms with E-state index in [0.717, 1.165) is 10.8 Å². The highest BCUT2D eigenvalue weighted by atomic mass is 16.6. The third kappa shape index (κ3) is 4.41. The van der Waals surface area contributed by atoms with Crippen LogP contribution in [0.1, 0.15) is 5.56 Å². The summed E-state index contributed by atoms with van der Waals surface area (Å²) in [6.07, 6.45) is 1.40. The third-order valence-corrected chi connectivity index (χ3v) is 3.60. The van der Waals surface area contributed by atoms with Crippen LogP contribution in [0.5, 0.6) is 5.75 Å². The highest BCUT2D eigenvalue weighted by Gasteiger charge is 2.04. The van der Waals surface area contributed by atoms with Gasteiger partial charge in [0.2, 0.25) is 0 Å². The quantitative estimate of drug-likeness (QED) is 0.420. The number of non-ortho nitro benzene ring substituents is 1. The molecule has 0 aliphatic rings. The Morgan fingerprint density at radius 3 is 2.54 bits per heavy atom. The van der Waals surface area contributed by atoms with Crippen LogP contribution in [0.2, 0.25) is 0 Å². The molecule has 130 valence electrons. The van der Waals surface area contributed by atoms with E-state index in [9.17, 15) is 14.9 Å². The van der Waals surface area contributed by atoms with E-state index in [1.54, 1.807) is 18.2 Å². The number of carbonyl (C=O) groups is 1. The average molecular weight is 349 g/mol. The summed E-state index contributed by atoms with van der Waals surface area (Å²) in [7, 11) is 0. The van der Waals surface area contributed by atoms with Gasteiger partial charge in [-0.05, 0) is 40.6 Å². The van der Waals surface area contributed by atoms with Crippen molar-refractivity contribution >= 4 is 28.6 Å². The first kappa shape index (κ1) is 17.1. The highest BCUT2D eigenvalue weighted by Crippen LogP contribution is 2.20. The Bertz CT molecular complexity index is 968. The van der Waals surface area contributed by atoms with Gasteiger partial charge in [-0.1, -0.05) is 30.3 Å². The lowest BCUT2D eigenvalue weighted by Gasteiger charge is -2.06. The molecule has 0 saturated carbocycles. The maximum Gasteiger partial charge on any atom is 0.277 e. The van der Waals surface area contributed by atoms with Gasteiger partial charge in [0, 0.05) is 12.1 Å². The number of nitro groups is 1. The van der Waals surface area contributed by atoms with Crippen LogP contribution in [0.3, 0.4) is 0 Å². The normalized spacial score (nSPS) is 10.8. The Hall–Kier alpha value is -3.74. The molecule has 0 aliphatic carbocycles. The molecule has 0 radical (unpaired) electrons. The smallest absolute Gasteiger partial charge is 0.277 e. The van der Waals surface area contributed by atoms with Crippen LogP contribution < -0.4 is 10.2 Å². The first-order chi connectivity index (χ1) is 12.6. The number of hydrazone groups is 1. The van der Waals surface area contributed by atoms with E-state index >= 15 is 0 Å². The number of rotatable bonds is 6. The molecule has 0 aromatic heterocycles. The van der Waals surface area contributed by atoms with E-state index < -0.39 is 10.8 Å². The molecule has 0 aliphatic heterocycles. The second kappa shape index (κ2) is 7.89. The van der Waals surface area contributed by atoms with Gasteiger partial charge in [0.15, 0.2) is 6.61 Å². The Labute approximate surface area is 149 Å². The number of fused-ring (bicyclic) bond motifs is 1. The number of carbonyl (C=O) groups excluding carboxylic acids is 1. The number of nitro benzene ring substituents is 1. The maximum atomic E-state index is 11.8. The fourth-order valence-corrected chi connectivity index (χ4v) is 2.30. The molecule has 7 heteroatoms. The molecule has 7 nitrogen and oxygen atoms in total. The van der Waals surface area contributed by atoms with E-state index in [1.807, 2.05) is 36.4 Å². The lowest BCUT2D eigenvalue weighted by Crippen LogP contribution is -2.24. The molecule has 0 bridgehead atoms. The molecule has 3 aromatic carbocycles. The van der Waals surface area contributed by atoms with E-state index in [-0.39, 0.29) is 12.3 Å². The van der Waals surface area contributed by atoms with Crippen LogP contribution in [-0.2, 0) is 4.79 Å². The predicted octanol–water partition coefficient (Wildman–Crippen LogP) is 3.28. The summed E-state index contributed by atoms with van der Waals surface area (Å²) in [5, 5.41) is 16.5. The zero-order valence-electron chi connectivity index (χ0n) is 13.7. The minimum Gasteiger partial charge on any atom is -0.484 e. The number of amides is 1. The summed E-state index contributed by atoms with van der Waals surface area (Å²) in [6.45, 7) is -0.171. The summed E-state index contributed by atoms with van der Waals surface area (Å²) < 4.78 is 5.46. The van der Waals surface area contributed by atoms with Crippen LogP contribution in [0, 0.1) is 10.1 Å². The number of nitrogens with zero attached hydrogens (tertiary/aromatic N) is 2. The SMILES string of the molecule is O=C(COc1ccc2ccccc2c1)N/N=C\c1ccc([N+](=O)[O-])cc1. The van der Waals surface area contributed by atoms with E-state index in [1.165, 1.54) is 18.3 Å². The van der Waals surface area contributed by atoms with E-state index in [0.29, 0.717) is 11.3 Å². The highest BCUT2D eigenvalue weighted by molar-refractivity contribution is 5.84. The van der Waals surface area contributed by atoms with Crippen molar-refractivity contribution < 1.29 is 14.5 Å². The monoisotopic (exact) mass is 349 g/mol. The van der Waals surface area contributed by atoms with Crippen molar-refractivity contribution in [3.05, 3.63) is 82.4 Å². The van der Waals surface area contributed by atoms with Gasteiger partial charge in [0.1, 0.15) is 5.75 Å². The van der Waals surface area contributed by atoms with Gasteiger partial charge in [-0.25, -0.2) is 5.43 Å². The van der Waals surface area contributed by atoms with Gasteiger partial charge in [-0.15, -0.1) is 0 Å². The number of benzene rings is 3. The number of ether oxygens (including phenoxy) is 1. The van der Waals surface area contributed by atoms with Crippen molar-refractivity contribution in [2.24, 2.45) is 5.10 Å². The van der Waals surface area contributed by atoms with Crippen molar-refractivity contribution in [2.45, 2.75) is 0 Å². The molecule has 0 spiro atoms. The molecule has 1 amide bonds. The Kier molecular flexibility index (Phi) is 5.19. The number of hydrogen-bond donors (Lipinski definition) is 1. The first-order valence-corrected chi connectivity index (χ1v) is 7.80. The molecular weight excluding hydrogens is 334 g/mol. The van der Waals surface area contributed by atoms with Gasteiger partial charge in [-0.3, -0.25) is 14.9 Å². The molecule has 26 heavy (non-hydrogen) atoms. The molecule has 0 fully saturated rings. The minimum absolute atomic E-state index is 0.00466. The lowest BCUT2D eigenvalue weighted by atomic mass is 10.1. The molecule has 3 rings (SSSR count). The maximum absolute atomic E-state index is 11.8. The molecular formula is C19H15N3O4.